The van der Waals surface area contributed by atoms with Gasteiger partial charge in [0.05, 0.1) is 11.4 Å². The van der Waals surface area contributed by atoms with Crippen LogP contribution in [-0.4, -0.2) is 42.1 Å². The standard InChI is InChI=1S/C24H20N6O3S/c1-15(31)28-24(34)30(29(16(2)32)17(3)33)23(27-28)22-25-20(18-10-6-4-7-11-18)14-21(26-22)19-12-8-5-9-13-19/h4-14H,1-3H3. The molecule has 4 rings (SSSR count). The number of amides is 2. The van der Waals surface area contributed by atoms with E-state index in [4.69, 9.17) is 12.2 Å². The Kier molecular flexibility index (Phi) is 6.24. The molecule has 0 saturated heterocycles. The number of carbonyl (C=O) groups excluding carboxylic acids is 3. The van der Waals surface area contributed by atoms with E-state index >= 15 is 0 Å². The molecule has 34 heavy (non-hydrogen) atoms. The van der Waals surface area contributed by atoms with Crippen molar-refractivity contribution < 1.29 is 14.4 Å². The molecule has 4 aromatic rings. The van der Waals surface area contributed by atoms with E-state index in [1.165, 1.54) is 20.8 Å². The van der Waals surface area contributed by atoms with Gasteiger partial charge in [-0.1, -0.05) is 60.7 Å². The van der Waals surface area contributed by atoms with Crippen LogP contribution >= 0.6 is 12.2 Å². The van der Waals surface area contributed by atoms with Crippen LogP contribution in [0.1, 0.15) is 25.6 Å². The van der Waals surface area contributed by atoms with Gasteiger partial charge in [0.2, 0.25) is 34.1 Å². The van der Waals surface area contributed by atoms with E-state index in [2.05, 4.69) is 15.1 Å². The van der Waals surface area contributed by atoms with Crippen molar-refractivity contribution in [3.63, 3.8) is 0 Å². The Morgan fingerprint density at radius 3 is 1.68 bits per heavy atom. The summed E-state index contributed by atoms with van der Waals surface area (Å²) in [6.07, 6.45) is 0. The summed E-state index contributed by atoms with van der Waals surface area (Å²) in [6, 6.07) is 20.8. The average molecular weight is 473 g/mol. The molecule has 0 N–H and O–H groups in total. The average Bonchev–Trinajstić information content (AvgIpc) is 3.16. The molecule has 2 amide bonds. The predicted molar refractivity (Wildman–Crippen MR) is 129 cm³/mol. The van der Waals surface area contributed by atoms with Crippen molar-refractivity contribution in [1.82, 2.24) is 24.4 Å². The first-order valence-electron chi connectivity index (χ1n) is 10.3. The number of rotatable bonds is 4. The SMILES string of the molecule is CC(=O)N(C(C)=O)n1c(-c2nc(-c3ccccc3)cc(-c3ccccc3)n2)nn(C(C)=O)c1=S. The number of benzene rings is 2. The van der Waals surface area contributed by atoms with Crippen LogP contribution in [0.2, 0.25) is 0 Å². The van der Waals surface area contributed by atoms with Crippen LogP contribution in [0.5, 0.6) is 0 Å². The first-order chi connectivity index (χ1) is 16.3. The van der Waals surface area contributed by atoms with E-state index < -0.39 is 17.7 Å². The van der Waals surface area contributed by atoms with Gasteiger partial charge in [-0.05, 0) is 18.3 Å². The molecular weight excluding hydrogens is 452 g/mol. The van der Waals surface area contributed by atoms with Crippen LogP contribution in [-0.2, 0) is 9.59 Å². The summed E-state index contributed by atoms with van der Waals surface area (Å²) in [4.78, 5) is 46.2. The fraction of sp³-hybridized carbons (Fsp3) is 0.125. The fourth-order valence-corrected chi connectivity index (χ4v) is 3.79. The number of hydrogen-bond donors (Lipinski definition) is 0. The van der Waals surface area contributed by atoms with Crippen LogP contribution in [0.3, 0.4) is 0 Å². The zero-order chi connectivity index (χ0) is 24.4. The summed E-state index contributed by atoms with van der Waals surface area (Å²) in [5.74, 6) is -1.61. The predicted octanol–water partition coefficient (Wildman–Crippen LogP) is 3.90. The number of hydrogen-bond acceptors (Lipinski definition) is 7. The molecule has 10 heteroatoms. The normalized spacial score (nSPS) is 10.7. The molecule has 0 atom stereocenters. The van der Waals surface area contributed by atoms with Crippen LogP contribution in [0.25, 0.3) is 34.2 Å². The van der Waals surface area contributed by atoms with Crippen molar-refractivity contribution in [3.8, 4) is 34.2 Å². The second-order valence-corrected chi connectivity index (χ2v) is 7.76. The summed E-state index contributed by atoms with van der Waals surface area (Å²) >= 11 is 5.40. The molecule has 9 nitrogen and oxygen atoms in total. The highest BCUT2D eigenvalue weighted by atomic mass is 32.1. The molecule has 0 spiro atoms. The van der Waals surface area contributed by atoms with E-state index in [9.17, 15) is 14.4 Å². The first-order valence-corrected chi connectivity index (χ1v) is 10.7. The van der Waals surface area contributed by atoms with Crippen molar-refractivity contribution in [2.75, 3.05) is 5.01 Å². The van der Waals surface area contributed by atoms with Crippen molar-refractivity contribution >= 4 is 29.9 Å². The van der Waals surface area contributed by atoms with Gasteiger partial charge < -0.3 is 0 Å². The zero-order valence-corrected chi connectivity index (χ0v) is 19.5. The Hall–Kier alpha value is -4.31. The van der Waals surface area contributed by atoms with Gasteiger partial charge in [0.25, 0.3) is 0 Å². The minimum absolute atomic E-state index is 0.0134. The van der Waals surface area contributed by atoms with Crippen molar-refractivity contribution in [3.05, 3.63) is 71.5 Å². The molecule has 2 heterocycles. The van der Waals surface area contributed by atoms with Crippen molar-refractivity contribution in [1.29, 1.82) is 0 Å². The lowest BCUT2D eigenvalue weighted by molar-refractivity contribution is -0.126. The summed E-state index contributed by atoms with van der Waals surface area (Å²) in [5, 5.41) is 5.10. The van der Waals surface area contributed by atoms with E-state index in [0.717, 1.165) is 25.5 Å². The van der Waals surface area contributed by atoms with Gasteiger partial charge in [0, 0.05) is 31.9 Å². The Morgan fingerprint density at radius 1 is 0.794 bits per heavy atom. The third kappa shape index (κ3) is 4.30. The molecular formula is C24H20N6O3S. The monoisotopic (exact) mass is 472 g/mol. The second kappa shape index (κ2) is 9.28. The number of carbonyl (C=O) groups is 3. The zero-order valence-electron chi connectivity index (χ0n) is 18.7. The Balaban J connectivity index is 2.05. The summed E-state index contributed by atoms with van der Waals surface area (Å²) < 4.78 is 1.88. The minimum atomic E-state index is -0.601. The summed E-state index contributed by atoms with van der Waals surface area (Å²) in [6.45, 7) is 3.71. The first kappa shape index (κ1) is 22.9. The highest BCUT2D eigenvalue weighted by Crippen LogP contribution is 2.27. The maximum absolute atomic E-state index is 12.4. The number of nitrogens with zero attached hydrogens (tertiary/aromatic N) is 6. The summed E-state index contributed by atoms with van der Waals surface area (Å²) in [5.41, 5.74) is 2.84. The van der Waals surface area contributed by atoms with Crippen molar-refractivity contribution in [2.24, 2.45) is 0 Å². The lowest BCUT2D eigenvalue weighted by Gasteiger charge is -2.19. The van der Waals surface area contributed by atoms with E-state index in [-0.39, 0.29) is 16.4 Å². The van der Waals surface area contributed by atoms with Crippen LogP contribution in [0, 0.1) is 4.77 Å². The molecule has 170 valence electrons. The van der Waals surface area contributed by atoms with Gasteiger partial charge in [-0.25, -0.2) is 9.97 Å². The van der Waals surface area contributed by atoms with Crippen LogP contribution in [0.4, 0.5) is 0 Å². The Labute approximate surface area is 200 Å². The lowest BCUT2D eigenvalue weighted by Crippen LogP contribution is -2.43. The van der Waals surface area contributed by atoms with Crippen molar-refractivity contribution in [2.45, 2.75) is 20.8 Å². The van der Waals surface area contributed by atoms with E-state index in [1.54, 1.807) is 0 Å². The number of imide groups is 1. The molecule has 0 radical (unpaired) electrons. The van der Waals surface area contributed by atoms with E-state index in [0.29, 0.717) is 11.4 Å². The molecule has 0 aliphatic carbocycles. The number of aromatic nitrogens is 5. The minimum Gasteiger partial charge on any atom is -0.273 e. The van der Waals surface area contributed by atoms with Gasteiger partial charge in [-0.15, -0.1) is 5.10 Å². The van der Waals surface area contributed by atoms with Gasteiger partial charge in [0.1, 0.15) is 0 Å². The summed E-state index contributed by atoms with van der Waals surface area (Å²) in [7, 11) is 0. The highest BCUT2D eigenvalue weighted by Gasteiger charge is 2.27. The molecule has 2 aromatic carbocycles. The third-order valence-corrected chi connectivity index (χ3v) is 5.26. The quantitative estimate of drug-likeness (QED) is 0.415. The van der Waals surface area contributed by atoms with Gasteiger partial charge in [-0.3, -0.25) is 14.4 Å². The fourth-order valence-electron chi connectivity index (χ4n) is 3.45. The van der Waals surface area contributed by atoms with Gasteiger partial charge in [-0.2, -0.15) is 14.4 Å². The molecule has 0 unspecified atom stereocenters. The highest BCUT2D eigenvalue weighted by molar-refractivity contribution is 7.71. The molecule has 0 fully saturated rings. The molecule has 0 aliphatic heterocycles. The second-order valence-electron chi connectivity index (χ2n) is 7.39. The smallest absolute Gasteiger partial charge is 0.246 e. The Morgan fingerprint density at radius 2 is 1.26 bits per heavy atom. The van der Waals surface area contributed by atoms with Crippen LogP contribution < -0.4 is 5.01 Å². The van der Waals surface area contributed by atoms with Gasteiger partial charge in [0.15, 0.2) is 0 Å². The molecule has 0 saturated carbocycles. The lowest BCUT2D eigenvalue weighted by atomic mass is 10.1. The topological polar surface area (TPSA) is 103 Å². The van der Waals surface area contributed by atoms with Crippen LogP contribution in [0.15, 0.2) is 66.7 Å². The molecule has 0 aliphatic rings. The van der Waals surface area contributed by atoms with E-state index in [1.807, 2.05) is 66.7 Å². The maximum Gasteiger partial charge on any atom is 0.246 e. The molecule has 2 aromatic heterocycles. The molecule has 0 bridgehead atoms. The Bertz CT molecular complexity index is 1390. The largest absolute Gasteiger partial charge is 0.273 e. The maximum atomic E-state index is 12.4. The van der Waals surface area contributed by atoms with Gasteiger partial charge >= 0.3 is 0 Å². The third-order valence-electron chi connectivity index (χ3n) is 4.92.